The molecule has 0 heterocycles. The predicted molar refractivity (Wildman–Crippen MR) is 81.5 cm³/mol. The fraction of sp³-hybridized carbons (Fsp3) is 0.600. The molecule has 1 saturated carbocycles. The summed E-state index contributed by atoms with van der Waals surface area (Å²) in [5, 5.41) is 20.9. The molecule has 1 aliphatic rings. The first-order valence-electron chi connectivity index (χ1n) is 6.75. The zero-order chi connectivity index (χ0) is 13.0. The molecule has 1 aromatic carbocycles. The number of hydrogen-bond acceptors (Lipinski definition) is 2. The van der Waals surface area contributed by atoms with Crippen molar-refractivity contribution in [2.24, 2.45) is 0 Å². The molecule has 2 nitrogen and oxygen atoms in total. The molecule has 100 valence electrons. The third kappa shape index (κ3) is 3.68. The van der Waals surface area contributed by atoms with Crippen LogP contribution in [0.15, 0.2) is 24.3 Å². The first-order valence-corrected chi connectivity index (χ1v) is 7.83. The Morgan fingerprint density at radius 2 is 1.61 bits per heavy atom. The minimum Gasteiger partial charge on any atom is -0.390 e. The SMILES string of the molecule is OC(Cc1ccc(I)cc1)C1(O)CCCCCC1. The van der Waals surface area contributed by atoms with Gasteiger partial charge in [0, 0.05) is 9.99 Å². The first-order chi connectivity index (χ1) is 8.60. The van der Waals surface area contributed by atoms with Gasteiger partial charge in [-0.15, -0.1) is 0 Å². The average molecular weight is 360 g/mol. The smallest absolute Gasteiger partial charge is 0.0908 e. The van der Waals surface area contributed by atoms with Gasteiger partial charge in [0.15, 0.2) is 0 Å². The van der Waals surface area contributed by atoms with Gasteiger partial charge < -0.3 is 10.2 Å². The van der Waals surface area contributed by atoms with Crippen molar-refractivity contribution in [1.29, 1.82) is 0 Å². The Labute approximate surface area is 123 Å². The van der Waals surface area contributed by atoms with E-state index >= 15 is 0 Å². The van der Waals surface area contributed by atoms with E-state index in [1.165, 1.54) is 16.4 Å². The quantitative estimate of drug-likeness (QED) is 0.642. The monoisotopic (exact) mass is 360 g/mol. The largest absolute Gasteiger partial charge is 0.390 e. The van der Waals surface area contributed by atoms with E-state index in [9.17, 15) is 10.2 Å². The molecule has 18 heavy (non-hydrogen) atoms. The van der Waals surface area contributed by atoms with Gasteiger partial charge in [0.2, 0.25) is 0 Å². The van der Waals surface area contributed by atoms with E-state index < -0.39 is 11.7 Å². The van der Waals surface area contributed by atoms with Gasteiger partial charge in [-0.3, -0.25) is 0 Å². The highest BCUT2D eigenvalue weighted by Crippen LogP contribution is 2.31. The minimum absolute atomic E-state index is 0.549. The first kappa shape index (κ1) is 14.3. The topological polar surface area (TPSA) is 40.5 Å². The van der Waals surface area contributed by atoms with Crippen LogP contribution >= 0.6 is 22.6 Å². The van der Waals surface area contributed by atoms with Gasteiger partial charge >= 0.3 is 0 Å². The summed E-state index contributed by atoms with van der Waals surface area (Å²) in [6.07, 6.45) is 5.79. The second-order valence-corrected chi connectivity index (χ2v) is 6.61. The summed E-state index contributed by atoms with van der Waals surface area (Å²) in [6, 6.07) is 8.15. The molecule has 1 fully saturated rings. The van der Waals surface area contributed by atoms with E-state index in [2.05, 4.69) is 22.6 Å². The van der Waals surface area contributed by atoms with Crippen LogP contribution in [-0.4, -0.2) is 21.9 Å². The van der Waals surface area contributed by atoms with Gasteiger partial charge in [-0.25, -0.2) is 0 Å². The normalized spacial score (nSPS) is 21.3. The lowest BCUT2D eigenvalue weighted by atomic mass is 9.85. The number of aliphatic hydroxyl groups excluding tert-OH is 1. The molecule has 1 atom stereocenters. The predicted octanol–water partition coefficient (Wildman–Crippen LogP) is 3.28. The number of hydrogen-bond donors (Lipinski definition) is 2. The highest BCUT2D eigenvalue weighted by molar-refractivity contribution is 14.1. The molecule has 1 aromatic rings. The molecule has 0 radical (unpaired) electrons. The summed E-state index contributed by atoms with van der Waals surface area (Å²) in [7, 11) is 0. The van der Waals surface area contributed by atoms with Crippen molar-refractivity contribution < 1.29 is 10.2 Å². The van der Waals surface area contributed by atoms with E-state index in [1.807, 2.05) is 24.3 Å². The Bertz CT molecular complexity index is 367. The molecule has 0 saturated heterocycles. The van der Waals surface area contributed by atoms with Crippen molar-refractivity contribution in [3.8, 4) is 0 Å². The summed E-state index contributed by atoms with van der Waals surface area (Å²) < 4.78 is 1.19. The molecule has 0 aliphatic heterocycles. The number of aliphatic hydroxyl groups is 2. The maximum Gasteiger partial charge on any atom is 0.0908 e. The molecule has 1 unspecified atom stereocenters. The molecule has 0 amide bonds. The number of halogens is 1. The van der Waals surface area contributed by atoms with Gasteiger partial charge in [-0.1, -0.05) is 37.8 Å². The number of benzene rings is 1. The van der Waals surface area contributed by atoms with Crippen molar-refractivity contribution >= 4 is 22.6 Å². The Balaban J connectivity index is 2.01. The molecular weight excluding hydrogens is 339 g/mol. The lowest BCUT2D eigenvalue weighted by Gasteiger charge is -2.32. The second-order valence-electron chi connectivity index (χ2n) is 5.36. The van der Waals surface area contributed by atoms with Gasteiger partial charge in [0.05, 0.1) is 11.7 Å². The summed E-state index contributed by atoms with van der Waals surface area (Å²) >= 11 is 2.27. The van der Waals surface area contributed by atoms with Crippen molar-refractivity contribution in [3.63, 3.8) is 0 Å². The average Bonchev–Trinajstić information content (AvgIpc) is 2.58. The molecule has 2 rings (SSSR count). The number of rotatable bonds is 3. The van der Waals surface area contributed by atoms with Crippen LogP contribution in [0.1, 0.15) is 44.1 Å². The zero-order valence-corrected chi connectivity index (χ0v) is 12.8. The zero-order valence-electron chi connectivity index (χ0n) is 10.6. The molecule has 0 spiro atoms. The lowest BCUT2D eigenvalue weighted by molar-refractivity contribution is -0.0836. The summed E-state index contributed by atoms with van der Waals surface area (Å²) in [6.45, 7) is 0. The van der Waals surface area contributed by atoms with E-state index in [1.54, 1.807) is 0 Å². The maximum atomic E-state index is 10.6. The highest BCUT2D eigenvalue weighted by Gasteiger charge is 2.35. The van der Waals surface area contributed by atoms with Gasteiger partial charge in [-0.2, -0.15) is 0 Å². The van der Waals surface area contributed by atoms with Gasteiger partial charge in [-0.05, 0) is 53.1 Å². The van der Waals surface area contributed by atoms with Crippen molar-refractivity contribution in [2.45, 2.75) is 56.7 Å². The van der Waals surface area contributed by atoms with E-state index in [0.29, 0.717) is 6.42 Å². The van der Waals surface area contributed by atoms with Crippen molar-refractivity contribution in [2.75, 3.05) is 0 Å². The van der Waals surface area contributed by atoms with E-state index in [4.69, 9.17) is 0 Å². The van der Waals surface area contributed by atoms with Gasteiger partial charge in [0.1, 0.15) is 0 Å². The lowest BCUT2D eigenvalue weighted by Crippen LogP contribution is -2.43. The molecule has 1 aliphatic carbocycles. The van der Waals surface area contributed by atoms with Crippen molar-refractivity contribution in [1.82, 2.24) is 0 Å². The van der Waals surface area contributed by atoms with Crippen LogP contribution in [0.25, 0.3) is 0 Å². The molecular formula is C15H21IO2. The van der Waals surface area contributed by atoms with Crippen LogP contribution in [0, 0.1) is 3.57 Å². The van der Waals surface area contributed by atoms with Crippen LogP contribution in [0.5, 0.6) is 0 Å². The molecule has 0 bridgehead atoms. The molecule has 0 aromatic heterocycles. The maximum absolute atomic E-state index is 10.6. The molecule has 3 heteroatoms. The van der Waals surface area contributed by atoms with Crippen molar-refractivity contribution in [3.05, 3.63) is 33.4 Å². The van der Waals surface area contributed by atoms with E-state index in [0.717, 1.165) is 31.2 Å². The molecule has 2 N–H and O–H groups in total. The van der Waals surface area contributed by atoms with E-state index in [-0.39, 0.29) is 0 Å². The Hall–Kier alpha value is -0.130. The van der Waals surface area contributed by atoms with Gasteiger partial charge in [0.25, 0.3) is 0 Å². The summed E-state index contributed by atoms with van der Waals surface area (Å²) in [5.74, 6) is 0. The fourth-order valence-electron chi connectivity index (χ4n) is 2.71. The van der Waals surface area contributed by atoms with Crippen LogP contribution in [0.4, 0.5) is 0 Å². The highest BCUT2D eigenvalue weighted by atomic mass is 127. The minimum atomic E-state index is -0.875. The summed E-state index contributed by atoms with van der Waals surface area (Å²) in [4.78, 5) is 0. The fourth-order valence-corrected chi connectivity index (χ4v) is 3.07. The third-order valence-corrected chi connectivity index (χ3v) is 4.65. The van der Waals surface area contributed by atoms with Crippen LogP contribution in [0.2, 0.25) is 0 Å². The standard InChI is InChI=1S/C15H21IO2/c16-13-7-5-12(6-8-13)11-14(17)15(18)9-3-1-2-4-10-15/h5-8,14,17-18H,1-4,9-11H2. The second kappa shape index (κ2) is 6.35. The Kier molecular flexibility index (Phi) is 5.04. The van der Waals surface area contributed by atoms with Crippen LogP contribution in [0.3, 0.4) is 0 Å². The third-order valence-electron chi connectivity index (χ3n) is 3.93. The Morgan fingerprint density at radius 1 is 1.06 bits per heavy atom. The summed E-state index contributed by atoms with van der Waals surface area (Å²) in [5.41, 5.74) is 0.222. The van der Waals surface area contributed by atoms with Crippen LogP contribution < -0.4 is 0 Å². The van der Waals surface area contributed by atoms with Crippen LogP contribution in [-0.2, 0) is 6.42 Å². The Morgan fingerprint density at radius 3 is 2.17 bits per heavy atom.